The zero-order valence-electron chi connectivity index (χ0n) is 11.4. The largest absolute Gasteiger partial charge is 0.384 e. The fourth-order valence-electron chi connectivity index (χ4n) is 1.74. The molecule has 2 rings (SSSR count). The Morgan fingerprint density at radius 2 is 2.25 bits per heavy atom. The fraction of sp³-hybridized carbons (Fsp3) is 0.286. The number of halogens is 1. The van der Waals surface area contributed by atoms with Crippen LogP contribution in [0, 0.1) is 6.92 Å². The second-order valence-electron chi connectivity index (χ2n) is 4.40. The van der Waals surface area contributed by atoms with E-state index in [1.165, 1.54) is 11.3 Å². The summed E-state index contributed by atoms with van der Waals surface area (Å²) in [7, 11) is 0. The van der Waals surface area contributed by atoms with E-state index in [9.17, 15) is 4.79 Å². The highest BCUT2D eigenvalue weighted by molar-refractivity contribution is 9.11. The van der Waals surface area contributed by atoms with E-state index in [0.717, 1.165) is 28.0 Å². The van der Waals surface area contributed by atoms with Crippen molar-refractivity contribution in [1.82, 2.24) is 4.98 Å². The summed E-state index contributed by atoms with van der Waals surface area (Å²) >= 11 is 4.72. The van der Waals surface area contributed by atoms with Gasteiger partial charge in [-0.3, -0.25) is 10.1 Å². The number of hydrogen-bond acceptors (Lipinski definition) is 4. The van der Waals surface area contributed by atoms with Crippen molar-refractivity contribution in [3.8, 4) is 0 Å². The molecular weight excluding hydrogens is 338 g/mol. The monoisotopic (exact) mass is 353 g/mol. The Balaban J connectivity index is 2.19. The molecule has 106 valence electrons. The number of amides is 1. The van der Waals surface area contributed by atoms with Gasteiger partial charge >= 0.3 is 0 Å². The van der Waals surface area contributed by atoms with Gasteiger partial charge < -0.3 is 5.32 Å². The maximum absolute atomic E-state index is 12.3. The number of thiazole rings is 1. The lowest BCUT2D eigenvalue weighted by molar-refractivity contribution is 0.102. The van der Waals surface area contributed by atoms with Crippen LogP contribution in [0.4, 0.5) is 10.8 Å². The molecule has 0 aliphatic carbocycles. The van der Waals surface area contributed by atoms with Crippen LogP contribution in [-0.4, -0.2) is 17.4 Å². The second kappa shape index (κ2) is 6.85. The quantitative estimate of drug-likeness (QED) is 0.842. The molecule has 0 saturated heterocycles. The number of carbonyl (C=O) groups is 1. The Morgan fingerprint density at radius 3 is 2.90 bits per heavy atom. The van der Waals surface area contributed by atoms with E-state index >= 15 is 0 Å². The van der Waals surface area contributed by atoms with Crippen molar-refractivity contribution in [3.63, 3.8) is 0 Å². The van der Waals surface area contributed by atoms with Gasteiger partial charge in [0, 0.05) is 12.2 Å². The third-order valence-corrected chi connectivity index (χ3v) is 4.07. The second-order valence-corrected chi connectivity index (χ2v) is 6.81. The zero-order valence-corrected chi connectivity index (χ0v) is 13.8. The molecular formula is C14H16BrN3OS. The Morgan fingerprint density at radius 1 is 1.45 bits per heavy atom. The predicted molar refractivity (Wildman–Crippen MR) is 87.7 cm³/mol. The van der Waals surface area contributed by atoms with E-state index < -0.39 is 0 Å². The van der Waals surface area contributed by atoms with Crippen LogP contribution in [0.25, 0.3) is 0 Å². The molecule has 0 aliphatic heterocycles. The van der Waals surface area contributed by atoms with Crippen molar-refractivity contribution in [3.05, 3.63) is 39.3 Å². The first kappa shape index (κ1) is 15.0. The van der Waals surface area contributed by atoms with Crippen molar-refractivity contribution in [2.45, 2.75) is 20.3 Å². The van der Waals surface area contributed by atoms with Crippen LogP contribution in [-0.2, 0) is 0 Å². The van der Waals surface area contributed by atoms with Crippen LogP contribution < -0.4 is 10.6 Å². The van der Waals surface area contributed by atoms with Crippen LogP contribution in [0.15, 0.2) is 28.2 Å². The van der Waals surface area contributed by atoms with Gasteiger partial charge in [-0.2, -0.15) is 0 Å². The first-order valence-electron chi connectivity index (χ1n) is 6.37. The van der Waals surface area contributed by atoms with Crippen LogP contribution >= 0.6 is 27.3 Å². The molecule has 0 unspecified atom stereocenters. The smallest absolute Gasteiger partial charge is 0.259 e. The fourth-order valence-corrected chi connectivity index (χ4v) is 2.84. The molecule has 0 bridgehead atoms. The van der Waals surface area contributed by atoms with Crippen LogP contribution in [0.2, 0.25) is 0 Å². The Bertz CT molecular complexity index is 612. The zero-order chi connectivity index (χ0) is 14.5. The Labute approximate surface area is 130 Å². The van der Waals surface area contributed by atoms with Gasteiger partial charge in [0.05, 0.1) is 15.5 Å². The Kier molecular flexibility index (Phi) is 5.14. The van der Waals surface area contributed by atoms with Gasteiger partial charge in [-0.05, 0) is 47.0 Å². The lowest BCUT2D eigenvalue weighted by Crippen LogP contribution is -2.15. The molecule has 1 aromatic carbocycles. The minimum absolute atomic E-state index is 0.148. The van der Waals surface area contributed by atoms with E-state index in [-0.39, 0.29) is 5.91 Å². The van der Waals surface area contributed by atoms with E-state index in [0.29, 0.717) is 10.7 Å². The number of hydrogen-bond donors (Lipinski definition) is 2. The van der Waals surface area contributed by atoms with E-state index in [1.54, 1.807) is 6.20 Å². The molecule has 6 heteroatoms. The van der Waals surface area contributed by atoms with Gasteiger partial charge in [0.1, 0.15) is 0 Å². The topological polar surface area (TPSA) is 54.0 Å². The molecule has 2 N–H and O–H groups in total. The van der Waals surface area contributed by atoms with Crippen molar-refractivity contribution in [2.24, 2.45) is 0 Å². The van der Waals surface area contributed by atoms with E-state index in [2.05, 4.69) is 38.5 Å². The summed E-state index contributed by atoms with van der Waals surface area (Å²) in [5, 5.41) is 6.69. The van der Waals surface area contributed by atoms with Crippen LogP contribution in [0.5, 0.6) is 0 Å². The summed E-state index contributed by atoms with van der Waals surface area (Å²) in [6.07, 6.45) is 2.68. The predicted octanol–water partition coefficient (Wildman–Crippen LogP) is 4.29. The number of rotatable bonds is 5. The number of aromatic nitrogens is 1. The van der Waals surface area contributed by atoms with Crippen LogP contribution in [0.3, 0.4) is 0 Å². The summed E-state index contributed by atoms with van der Waals surface area (Å²) in [6.45, 7) is 4.94. The molecule has 1 amide bonds. The van der Waals surface area contributed by atoms with Gasteiger partial charge in [-0.1, -0.05) is 24.3 Å². The summed E-state index contributed by atoms with van der Waals surface area (Å²) in [5.74, 6) is -0.148. The first-order chi connectivity index (χ1) is 9.60. The molecule has 0 saturated carbocycles. The molecule has 0 radical (unpaired) electrons. The lowest BCUT2D eigenvalue weighted by atomic mass is 10.1. The number of nitrogens with one attached hydrogen (secondary N) is 2. The van der Waals surface area contributed by atoms with Crippen molar-refractivity contribution in [1.29, 1.82) is 0 Å². The van der Waals surface area contributed by atoms with Crippen molar-refractivity contribution in [2.75, 3.05) is 17.2 Å². The maximum Gasteiger partial charge on any atom is 0.259 e. The lowest BCUT2D eigenvalue weighted by Gasteiger charge is -2.11. The van der Waals surface area contributed by atoms with Gasteiger partial charge in [-0.25, -0.2) is 4.98 Å². The summed E-state index contributed by atoms with van der Waals surface area (Å²) < 4.78 is 0.890. The Hall–Kier alpha value is -1.40. The molecule has 0 atom stereocenters. The van der Waals surface area contributed by atoms with Gasteiger partial charge in [-0.15, -0.1) is 0 Å². The molecule has 1 heterocycles. The van der Waals surface area contributed by atoms with E-state index in [1.807, 2.05) is 25.1 Å². The number of aryl methyl sites for hydroxylation is 1. The average Bonchev–Trinajstić information content (AvgIpc) is 2.81. The highest BCUT2D eigenvalue weighted by Crippen LogP contribution is 2.25. The SMILES string of the molecule is CCCNc1cc(C)ccc1C(=O)Nc1ncc(Br)s1. The highest BCUT2D eigenvalue weighted by atomic mass is 79.9. The van der Waals surface area contributed by atoms with Gasteiger partial charge in [0.2, 0.25) is 0 Å². The van der Waals surface area contributed by atoms with Gasteiger partial charge in [0.25, 0.3) is 5.91 Å². The van der Waals surface area contributed by atoms with Crippen molar-refractivity contribution >= 4 is 44.0 Å². The summed E-state index contributed by atoms with van der Waals surface area (Å²) in [5.41, 5.74) is 2.62. The summed E-state index contributed by atoms with van der Waals surface area (Å²) in [4.78, 5) is 16.4. The van der Waals surface area contributed by atoms with Crippen LogP contribution in [0.1, 0.15) is 29.3 Å². The number of nitrogens with zero attached hydrogens (tertiary/aromatic N) is 1. The average molecular weight is 354 g/mol. The number of anilines is 2. The third kappa shape index (κ3) is 3.80. The maximum atomic E-state index is 12.3. The molecule has 0 aliphatic rings. The van der Waals surface area contributed by atoms with E-state index in [4.69, 9.17) is 0 Å². The first-order valence-corrected chi connectivity index (χ1v) is 7.98. The molecule has 0 spiro atoms. The molecule has 4 nitrogen and oxygen atoms in total. The normalized spacial score (nSPS) is 10.3. The number of carbonyl (C=O) groups excluding carboxylic acids is 1. The summed E-state index contributed by atoms with van der Waals surface area (Å²) in [6, 6.07) is 5.76. The molecule has 1 aromatic heterocycles. The molecule has 0 fully saturated rings. The minimum atomic E-state index is -0.148. The number of benzene rings is 1. The standard InChI is InChI=1S/C14H16BrN3OS/c1-3-6-16-11-7-9(2)4-5-10(11)13(19)18-14-17-8-12(15)20-14/h4-5,7-8,16H,3,6H2,1-2H3,(H,17,18,19). The molecule has 20 heavy (non-hydrogen) atoms. The third-order valence-electron chi connectivity index (χ3n) is 2.68. The highest BCUT2D eigenvalue weighted by Gasteiger charge is 2.13. The molecule has 2 aromatic rings. The minimum Gasteiger partial charge on any atom is -0.384 e. The van der Waals surface area contributed by atoms with Gasteiger partial charge in [0.15, 0.2) is 5.13 Å². The van der Waals surface area contributed by atoms with Crippen molar-refractivity contribution < 1.29 is 4.79 Å².